The molecule has 12 heteroatoms. The van der Waals surface area contributed by atoms with E-state index in [0.717, 1.165) is 15.8 Å². The Labute approximate surface area is 238 Å². The van der Waals surface area contributed by atoms with Gasteiger partial charge in [0.25, 0.3) is 17.0 Å². The van der Waals surface area contributed by atoms with Crippen LogP contribution in [0.1, 0.15) is 60.7 Å². The number of nitrogens with one attached hydrogen (secondary N) is 1. The minimum absolute atomic E-state index is 0.0968. The number of esters is 1. The molecule has 0 saturated heterocycles. The number of amides is 3. The van der Waals surface area contributed by atoms with Crippen LogP contribution in [0.25, 0.3) is 10.8 Å². The fourth-order valence-electron chi connectivity index (χ4n) is 4.47. The van der Waals surface area contributed by atoms with Crippen LogP contribution in [0.15, 0.2) is 46.0 Å². The van der Waals surface area contributed by atoms with Gasteiger partial charge in [-0.25, -0.2) is 4.79 Å². The number of rotatable bonds is 10. The van der Waals surface area contributed by atoms with Crippen molar-refractivity contribution in [1.29, 1.82) is 0 Å². The largest absolute Gasteiger partial charge is 0.462 e. The van der Waals surface area contributed by atoms with Gasteiger partial charge in [0.2, 0.25) is 11.8 Å². The number of hydrogen-bond donors (Lipinski definition) is 1. The Bertz CT molecular complexity index is 1590. The van der Waals surface area contributed by atoms with Crippen LogP contribution in [0.5, 0.6) is 0 Å². The van der Waals surface area contributed by atoms with Gasteiger partial charge in [-0.05, 0) is 43.9 Å². The highest BCUT2D eigenvalue weighted by molar-refractivity contribution is 7.99. The Hall–Kier alpha value is -4.03. The first-order valence-corrected chi connectivity index (χ1v) is 14.5. The van der Waals surface area contributed by atoms with Gasteiger partial charge in [-0.3, -0.25) is 19.3 Å². The van der Waals surface area contributed by atoms with Gasteiger partial charge in [0, 0.05) is 46.5 Å². The second kappa shape index (κ2) is 11.6. The zero-order chi connectivity index (χ0) is 28.4. The number of benzene rings is 2. The average Bonchev–Trinajstić information content (AvgIpc) is 3.50. The van der Waals surface area contributed by atoms with Crippen LogP contribution in [-0.2, 0) is 16.0 Å². The van der Waals surface area contributed by atoms with Crippen molar-refractivity contribution in [1.82, 2.24) is 15.1 Å². The van der Waals surface area contributed by atoms with Crippen molar-refractivity contribution >= 4 is 62.6 Å². The molecule has 2 aromatic heterocycles. The number of imide groups is 1. The van der Waals surface area contributed by atoms with Crippen LogP contribution in [0.3, 0.4) is 0 Å². The molecule has 0 fully saturated rings. The Morgan fingerprint density at radius 2 is 1.77 bits per heavy atom. The second-order valence-corrected chi connectivity index (χ2v) is 11.3. The highest BCUT2D eigenvalue weighted by atomic mass is 32.2. The summed E-state index contributed by atoms with van der Waals surface area (Å²) in [6.07, 6.45) is 0.361. The first-order chi connectivity index (χ1) is 19.3. The Morgan fingerprint density at radius 1 is 1.07 bits per heavy atom. The highest BCUT2D eigenvalue weighted by Crippen LogP contribution is 2.33. The molecule has 0 saturated carbocycles. The third-order valence-corrected chi connectivity index (χ3v) is 8.47. The Morgan fingerprint density at radius 3 is 2.45 bits per heavy atom. The maximum atomic E-state index is 13.1. The number of carbonyl (C=O) groups excluding carboxylic acids is 4. The number of aromatic nitrogens is 2. The van der Waals surface area contributed by atoms with Gasteiger partial charge in [-0.2, -0.15) is 0 Å². The van der Waals surface area contributed by atoms with Crippen LogP contribution < -0.4 is 5.32 Å². The van der Waals surface area contributed by atoms with Crippen LogP contribution in [-0.4, -0.2) is 57.7 Å². The predicted molar refractivity (Wildman–Crippen MR) is 151 cm³/mol. The molecule has 10 nitrogen and oxygen atoms in total. The van der Waals surface area contributed by atoms with Crippen molar-refractivity contribution in [2.75, 3.05) is 24.2 Å². The predicted octanol–water partition coefficient (Wildman–Crippen LogP) is 5.04. The number of thiophene rings is 1. The summed E-state index contributed by atoms with van der Waals surface area (Å²) in [7, 11) is 0. The molecule has 0 spiro atoms. The minimum Gasteiger partial charge on any atom is -0.462 e. The van der Waals surface area contributed by atoms with E-state index in [4.69, 9.17) is 9.15 Å². The van der Waals surface area contributed by atoms with Gasteiger partial charge in [0.15, 0.2) is 0 Å². The summed E-state index contributed by atoms with van der Waals surface area (Å²) in [6, 6.07) is 10.8. The number of thioether (sulfide) groups is 1. The normalized spacial score (nSPS) is 12.7. The third-order valence-electron chi connectivity index (χ3n) is 6.53. The monoisotopic (exact) mass is 578 g/mol. The van der Waals surface area contributed by atoms with E-state index in [0.29, 0.717) is 32.8 Å². The molecule has 4 aromatic rings. The van der Waals surface area contributed by atoms with E-state index in [1.807, 2.05) is 26.0 Å². The van der Waals surface area contributed by atoms with Crippen molar-refractivity contribution < 1.29 is 28.3 Å². The van der Waals surface area contributed by atoms with E-state index in [1.165, 1.54) is 28.0 Å². The molecule has 0 bridgehead atoms. The lowest BCUT2D eigenvalue weighted by molar-refractivity contribution is -0.115. The fraction of sp³-hybridized carbons (Fsp3) is 0.286. The van der Waals surface area contributed by atoms with Crippen LogP contribution in [0.4, 0.5) is 5.00 Å². The van der Waals surface area contributed by atoms with Gasteiger partial charge in [0.1, 0.15) is 5.00 Å². The minimum atomic E-state index is -0.457. The number of anilines is 1. The molecule has 40 heavy (non-hydrogen) atoms. The molecule has 1 aliphatic heterocycles. The molecule has 206 valence electrons. The second-order valence-electron chi connectivity index (χ2n) is 9.04. The summed E-state index contributed by atoms with van der Waals surface area (Å²) in [5.41, 5.74) is 2.17. The summed E-state index contributed by atoms with van der Waals surface area (Å²) in [6.45, 7) is 5.79. The number of ether oxygens (including phenoxy) is 1. The lowest BCUT2D eigenvalue weighted by Gasteiger charge is -2.26. The maximum Gasteiger partial charge on any atom is 0.341 e. The summed E-state index contributed by atoms with van der Waals surface area (Å²) in [5.74, 6) is -0.755. The van der Waals surface area contributed by atoms with Crippen molar-refractivity contribution in [3.05, 3.63) is 69.4 Å². The Kier molecular flexibility index (Phi) is 7.99. The number of hydrogen-bond acceptors (Lipinski definition) is 10. The van der Waals surface area contributed by atoms with Crippen LogP contribution >= 0.6 is 23.1 Å². The van der Waals surface area contributed by atoms with Crippen molar-refractivity contribution in [2.45, 2.75) is 38.8 Å². The summed E-state index contributed by atoms with van der Waals surface area (Å²) in [5, 5.41) is 13.1. The van der Waals surface area contributed by atoms with E-state index in [2.05, 4.69) is 15.5 Å². The zero-order valence-electron chi connectivity index (χ0n) is 22.1. The lowest BCUT2D eigenvalue weighted by atomic mass is 9.94. The standard InChI is InChI=1S/C28H26N4O6S2/c1-4-37-27(36)22-15(2)16(3)40-24(22)29-20(33)12-14-39-28-31-30-21(38-28)11-13-32-25(34)18-9-5-7-17-8-6-10-19(23(17)18)26(32)35/h5-10H,4,11-14H2,1-3H3,(H,29,33). The quantitative estimate of drug-likeness (QED) is 0.156. The number of carbonyl (C=O) groups is 4. The summed E-state index contributed by atoms with van der Waals surface area (Å²) in [4.78, 5) is 53.1. The molecular formula is C28H26N4O6S2. The topological polar surface area (TPSA) is 132 Å². The highest BCUT2D eigenvalue weighted by Gasteiger charge is 2.32. The first-order valence-electron chi connectivity index (χ1n) is 12.7. The zero-order valence-corrected chi connectivity index (χ0v) is 23.7. The fourth-order valence-corrected chi connectivity index (χ4v) is 6.25. The van der Waals surface area contributed by atoms with Gasteiger partial charge in [0.05, 0.1) is 12.2 Å². The molecule has 0 aliphatic carbocycles. The van der Waals surface area contributed by atoms with Crippen molar-refractivity contribution in [3.63, 3.8) is 0 Å². The number of nitrogens with zero attached hydrogens (tertiary/aromatic N) is 3. The van der Waals surface area contributed by atoms with E-state index in [-0.39, 0.29) is 54.8 Å². The molecular weight excluding hydrogens is 552 g/mol. The molecule has 2 aromatic carbocycles. The maximum absolute atomic E-state index is 13.1. The number of aryl methyl sites for hydroxylation is 1. The van der Waals surface area contributed by atoms with E-state index in [1.54, 1.807) is 31.2 Å². The van der Waals surface area contributed by atoms with E-state index < -0.39 is 5.97 Å². The average molecular weight is 579 g/mol. The molecule has 0 atom stereocenters. The van der Waals surface area contributed by atoms with E-state index in [9.17, 15) is 19.2 Å². The molecule has 5 rings (SSSR count). The van der Waals surface area contributed by atoms with Crippen molar-refractivity contribution in [3.8, 4) is 0 Å². The third kappa shape index (κ3) is 5.36. The van der Waals surface area contributed by atoms with Crippen LogP contribution in [0, 0.1) is 13.8 Å². The van der Waals surface area contributed by atoms with Gasteiger partial charge in [-0.1, -0.05) is 36.0 Å². The molecule has 3 amide bonds. The first kappa shape index (κ1) is 27.5. The van der Waals surface area contributed by atoms with E-state index >= 15 is 0 Å². The molecule has 1 N–H and O–H groups in total. The van der Waals surface area contributed by atoms with Gasteiger partial charge < -0.3 is 14.5 Å². The lowest BCUT2D eigenvalue weighted by Crippen LogP contribution is -2.41. The molecule has 3 heterocycles. The Balaban J connectivity index is 1.14. The smallest absolute Gasteiger partial charge is 0.341 e. The molecule has 0 radical (unpaired) electrons. The molecule has 0 unspecified atom stereocenters. The molecule has 1 aliphatic rings. The van der Waals surface area contributed by atoms with Gasteiger partial charge >= 0.3 is 5.97 Å². The SMILES string of the molecule is CCOC(=O)c1c(NC(=O)CCSc2nnc(CCN3C(=O)c4cccc5cccc(c45)C3=O)o2)sc(C)c1C. The van der Waals surface area contributed by atoms with Crippen LogP contribution in [0.2, 0.25) is 0 Å². The van der Waals surface area contributed by atoms with Crippen molar-refractivity contribution in [2.24, 2.45) is 0 Å². The summed E-state index contributed by atoms with van der Waals surface area (Å²) >= 11 is 2.56. The summed E-state index contributed by atoms with van der Waals surface area (Å²) < 4.78 is 10.8. The van der Waals surface area contributed by atoms with Gasteiger partial charge in [-0.15, -0.1) is 21.5 Å².